The highest BCUT2D eigenvalue weighted by Crippen LogP contribution is 2.50. The second kappa shape index (κ2) is 5.40. The molecular formula is C15H24ClNO. The summed E-state index contributed by atoms with van der Waals surface area (Å²) in [5.74, 6) is 3.09. The van der Waals surface area contributed by atoms with E-state index in [-0.39, 0.29) is 0 Å². The van der Waals surface area contributed by atoms with Crippen molar-refractivity contribution in [2.75, 3.05) is 12.4 Å². The van der Waals surface area contributed by atoms with Gasteiger partial charge in [0, 0.05) is 24.4 Å². The van der Waals surface area contributed by atoms with Crippen molar-refractivity contribution in [1.29, 1.82) is 0 Å². The van der Waals surface area contributed by atoms with Crippen molar-refractivity contribution < 1.29 is 4.79 Å². The molecule has 1 unspecified atom stereocenters. The second-order valence-electron chi connectivity index (χ2n) is 6.36. The zero-order valence-corrected chi connectivity index (χ0v) is 11.9. The third-order valence-electron chi connectivity index (χ3n) is 4.88. The Morgan fingerprint density at radius 2 is 1.83 bits per heavy atom. The molecule has 0 spiro atoms. The highest BCUT2D eigenvalue weighted by Gasteiger charge is 2.48. The standard InChI is InChI=1S/C15H24ClNO/c16-9-1-3-13-4-2-10-17(13)15(18)14(11-5-6-11)12-7-8-12/h11-14H,1-10H2. The van der Waals surface area contributed by atoms with Crippen LogP contribution in [0.15, 0.2) is 0 Å². The molecule has 1 aliphatic heterocycles. The first-order valence-corrected chi connectivity index (χ1v) is 8.21. The van der Waals surface area contributed by atoms with Crippen LogP contribution in [0.2, 0.25) is 0 Å². The highest BCUT2D eigenvalue weighted by atomic mass is 35.5. The minimum Gasteiger partial charge on any atom is -0.339 e. The maximum atomic E-state index is 12.8. The zero-order chi connectivity index (χ0) is 12.5. The number of carbonyl (C=O) groups is 1. The number of alkyl halides is 1. The van der Waals surface area contributed by atoms with Crippen LogP contribution in [0.5, 0.6) is 0 Å². The lowest BCUT2D eigenvalue weighted by Crippen LogP contribution is -2.41. The Hall–Kier alpha value is -0.240. The maximum absolute atomic E-state index is 12.8. The van der Waals surface area contributed by atoms with Crippen LogP contribution in [0.4, 0.5) is 0 Å². The molecule has 0 N–H and O–H groups in total. The Balaban J connectivity index is 1.62. The fraction of sp³-hybridized carbons (Fsp3) is 0.933. The first kappa shape index (κ1) is 12.8. The fourth-order valence-corrected chi connectivity index (χ4v) is 3.78. The molecule has 2 aliphatic carbocycles. The van der Waals surface area contributed by atoms with Crippen LogP contribution in [0.1, 0.15) is 51.4 Å². The monoisotopic (exact) mass is 269 g/mol. The van der Waals surface area contributed by atoms with E-state index in [1.54, 1.807) is 0 Å². The van der Waals surface area contributed by atoms with Gasteiger partial charge in [0.2, 0.25) is 5.91 Å². The molecule has 3 fully saturated rings. The summed E-state index contributed by atoms with van der Waals surface area (Å²) in [6.07, 6.45) is 9.75. The molecule has 0 radical (unpaired) electrons. The van der Waals surface area contributed by atoms with Gasteiger partial charge in [0.15, 0.2) is 0 Å². The summed E-state index contributed by atoms with van der Waals surface area (Å²) in [7, 11) is 0. The first-order chi connectivity index (χ1) is 8.81. The second-order valence-corrected chi connectivity index (χ2v) is 6.74. The quantitative estimate of drug-likeness (QED) is 0.677. The Bertz CT molecular complexity index is 300. The van der Waals surface area contributed by atoms with Gasteiger partial charge in [0.25, 0.3) is 0 Å². The van der Waals surface area contributed by atoms with E-state index in [1.165, 1.54) is 38.5 Å². The van der Waals surface area contributed by atoms with E-state index < -0.39 is 0 Å². The van der Waals surface area contributed by atoms with Gasteiger partial charge in [0.1, 0.15) is 0 Å². The summed E-state index contributed by atoms with van der Waals surface area (Å²) in [4.78, 5) is 15.0. The van der Waals surface area contributed by atoms with Crippen molar-refractivity contribution in [1.82, 2.24) is 4.90 Å². The number of rotatable bonds is 6. The van der Waals surface area contributed by atoms with Crippen molar-refractivity contribution in [3.8, 4) is 0 Å². The van der Waals surface area contributed by atoms with Crippen molar-refractivity contribution in [3.63, 3.8) is 0 Å². The minimum atomic E-state index is 0.390. The molecule has 2 nitrogen and oxygen atoms in total. The maximum Gasteiger partial charge on any atom is 0.226 e. The van der Waals surface area contributed by atoms with Crippen molar-refractivity contribution in [2.24, 2.45) is 17.8 Å². The molecular weight excluding hydrogens is 246 g/mol. The number of hydrogen-bond donors (Lipinski definition) is 0. The van der Waals surface area contributed by atoms with Gasteiger partial charge in [-0.2, -0.15) is 0 Å². The SMILES string of the molecule is O=C(C(C1CC1)C1CC1)N1CCCC1CCCCl. The van der Waals surface area contributed by atoms with Gasteiger partial charge in [-0.1, -0.05) is 0 Å². The van der Waals surface area contributed by atoms with Gasteiger partial charge in [-0.25, -0.2) is 0 Å². The Morgan fingerprint density at radius 1 is 1.17 bits per heavy atom. The van der Waals surface area contributed by atoms with Crippen LogP contribution < -0.4 is 0 Å². The molecule has 3 heteroatoms. The molecule has 1 saturated heterocycles. The molecule has 0 bridgehead atoms. The zero-order valence-electron chi connectivity index (χ0n) is 11.1. The molecule has 1 heterocycles. The summed E-state index contributed by atoms with van der Waals surface area (Å²) < 4.78 is 0. The lowest BCUT2D eigenvalue weighted by Gasteiger charge is -2.29. The number of likely N-dealkylation sites (tertiary alicyclic amines) is 1. The van der Waals surface area contributed by atoms with Gasteiger partial charge >= 0.3 is 0 Å². The van der Waals surface area contributed by atoms with E-state index in [1.807, 2.05) is 0 Å². The average Bonchev–Trinajstić information content (AvgIpc) is 3.29. The van der Waals surface area contributed by atoms with E-state index in [9.17, 15) is 4.79 Å². The van der Waals surface area contributed by atoms with Crippen LogP contribution in [0, 0.1) is 17.8 Å². The van der Waals surface area contributed by atoms with E-state index in [0.717, 1.165) is 37.1 Å². The predicted octanol–water partition coefficient (Wildman–Crippen LogP) is 3.43. The molecule has 0 aromatic rings. The highest BCUT2D eigenvalue weighted by molar-refractivity contribution is 6.17. The Labute approximate surface area is 115 Å². The number of carbonyl (C=O) groups excluding carboxylic acids is 1. The largest absolute Gasteiger partial charge is 0.339 e. The Morgan fingerprint density at radius 3 is 2.39 bits per heavy atom. The summed E-state index contributed by atoms with van der Waals surface area (Å²) in [6.45, 7) is 1.00. The van der Waals surface area contributed by atoms with E-state index in [2.05, 4.69) is 4.90 Å². The average molecular weight is 270 g/mol. The van der Waals surface area contributed by atoms with Gasteiger partial charge in [-0.05, 0) is 63.2 Å². The van der Waals surface area contributed by atoms with Crippen molar-refractivity contribution in [2.45, 2.75) is 57.4 Å². The summed E-state index contributed by atoms with van der Waals surface area (Å²) in [6, 6.07) is 0.497. The molecule has 2 saturated carbocycles. The molecule has 3 aliphatic rings. The number of nitrogens with zero attached hydrogens (tertiary/aromatic N) is 1. The normalized spacial score (nSPS) is 28.1. The topological polar surface area (TPSA) is 20.3 Å². The summed E-state index contributed by atoms with van der Waals surface area (Å²) in [5.41, 5.74) is 0. The summed E-state index contributed by atoms with van der Waals surface area (Å²) >= 11 is 5.79. The smallest absolute Gasteiger partial charge is 0.226 e. The molecule has 0 aromatic carbocycles. The van der Waals surface area contributed by atoms with Gasteiger partial charge in [-0.15, -0.1) is 11.6 Å². The van der Waals surface area contributed by atoms with Crippen molar-refractivity contribution >= 4 is 17.5 Å². The third kappa shape index (κ3) is 2.68. The van der Waals surface area contributed by atoms with Crippen molar-refractivity contribution in [3.05, 3.63) is 0 Å². The molecule has 1 amide bonds. The Kier molecular flexibility index (Phi) is 3.83. The van der Waals surface area contributed by atoms with Gasteiger partial charge in [0.05, 0.1) is 0 Å². The number of hydrogen-bond acceptors (Lipinski definition) is 1. The van der Waals surface area contributed by atoms with Gasteiger partial charge in [-0.3, -0.25) is 4.79 Å². The molecule has 1 atom stereocenters. The van der Waals surface area contributed by atoms with E-state index in [4.69, 9.17) is 11.6 Å². The fourth-order valence-electron chi connectivity index (χ4n) is 3.63. The lowest BCUT2D eigenvalue weighted by atomic mass is 9.95. The molecule has 0 aromatic heterocycles. The lowest BCUT2D eigenvalue weighted by molar-refractivity contribution is -0.138. The molecule has 102 valence electrons. The number of amides is 1. The molecule has 3 rings (SSSR count). The van der Waals surface area contributed by atoms with Crippen LogP contribution in [-0.4, -0.2) is 29.3 Å². The van der Waals surface area contributed by atoms with E-state index >= 15 is 0 Å². The van der Waals surface area contributed by atoms with Crippen LogP contribution in [0.25, 0.3) is 0 Å². The van der Waals surface area contributed by atoms with E-state index in [0.29, 0.717) is 17.9 Å². The molecule has 18 heavy (non-hydrogen) atoms. The van der Waals surface area contributed by atoms with Crippen LogP contribution in [-0.2, 0) is 4.79 Å². The van der Waals surface area contributed by atoms with Crippen LogP contribution >= 0.6 is 11.6 Å². The van der Waals surface area contributed by atoms with Crippen LogP contribution in [0.3, 0.4) is 0 Å². The third-order valence-corrected chi connectivity index (χ3v) is 5.14. The summed E-state index contributed by atoms with van der Waals surface area (Å²) in [5, 5.41) is 0. The minimum absolute atomic E-state index is 0.390. The van der Waals surface area contributed by atoms with Gasteiger partial charge < -0.3 is 4.90 Å². The predicted molar refractivity (Wildman–Crippen MR) is 73.6 cm³/mol. The first-order valence-electron chi connectivity index (χ1n) is 7.67. The number of halogens is 1.